The van der Waals surface area contributed by atoms with Gasteiger partial charge in [0.2, 0.25) is 0 Å². The predicted molar refractivity (Wildman–Crippen MR) is 60.2 cm³/mol. The lowest BCUT2D eigenvalue weighted by Crippen LogP contribution is -2.34. The highest BCUT2D eigenvalue weighted by Gasteiger charge is 2.12. The van der Waals surface area contributed by atoms with Gasteiger partial charge in [0.25, 0.3) is 0 Å². The first-order valence-corrected chi connectivity index (χ1v) is 7.66. The number of hydrogen-bond acceptors (Lipinski definition) is 4. The maximum atomic E-state index is 11.2. The molecule has 0 aliphatic rings. The molecular weight excluding hydrogens is 206 g/mol. The van der Waals surface area contributed by atoms with E-state index in [9.17, 15) is 8.42 Å². The van der Waals surface area contributed by atoms with Gasteiger partial charge in [0.05, 0.1) is 5.75 Å². The lowest BCUT2D eigenvalue weighted by molar-refractivity contribution is 0.568. The summed E-state index contributed by atoms with van der Waals surface area (Å²) < 4.78 is 22.4. The van der Waals surface area contributed by atoms with Crippen molar-refractivity contribution in [1.29, 1.82) is 0 Å². The highest BCUT2D eigenvalue weighted by Crippen LogP contribution is 1.95. The molecule has 5 heteroatoms. The van der Waals surface area contributed by atoms with E-state index in [-0.39, 0.29) is 17.5 Å². The van der Waals surface area contributed by atoms with Gasteiger partial charge in [0.1, 0.15) is 0 Å². The molecule has 0 aliphatic carbocycles. The van der Waals surface area contributed by atoms with Crippen LogP contribution in [0.1, 0.15) is 13.8 Å². The van der Waals surface area contributed by atoms with E-state index in [2.05, 4.69) is 5.32 Å². The summed E-state index contributed by atoms with van der Waals surface area (Å²) in [5.41, 5.74) is 0. The Morgan fingerprint density at radius 1 is 1.46 bits per heavy atom. The quantitative estimate of drug-likeness (QED) is 0.650. The van der Waals surface area contributed by atoms with Gasteiger partial charge in [-0.25, -0.2) is 8.42 Å². The van der Waals surface area contributed by atoms with Crippen LogP contribution in [0.5, 0.6) is 0 Å². The minimum Gasteiger partial charge on any atom is -0.312 e. The fourth-order valence-electron chi connectivity index (χ4n) is 0.965. The molecule has 0 radical (unpaired) electrons. The van der Waals surface area contributed by atoms with E-state index in [0.717, 1.165) is 12.3 Å². The number of hydrogen-bond donors (Lipinski definition) is 1. The molecule has 0 fully saturated rings. The molecule has 0 rings (SSSR count). The molecule has 3 nitrogen and oxygen atoms in total. The fraction of sp³-hybridized carbons (Fsp3) is 1.00. The minimum absolute atomic E-state index is 0.0668. The van der Waals surface area contributed by atoms with Crippen LogP contribution < -0.4 is 5.32 Å². The third-order valence-corrected chi connectivity index (χ3v) is 4.24. The predicted octanol–water partition coefficient (Wildman–Crippen LogP) is 0.762. The highest BCUT2D eigenvalue weighted by molar-refractivity contribution is 7.98. The molecule has 1 atom stereocenters. The summed E-state index contributed by atoms with van der Waals surface area (Å²) in [6.07, 6.45) is 2.04. The van der Waals surface area contributed by atoms with Crippen molar-refractivity contribution in [2.24, 2.45) is 0 Å². The SMILES string of the molecule is CCS(=O)(=O)CC(C)NCCSC. The van der Waals surface area contributed by atoms with Crippen molar-refractivity contribution in [1.82, 2.24) is 5.32 Å². The van der Waals surface area contributed by atoms with Gasteiger partial charge in [-0.2, -0.15) is 11.8 Å². The zero-order valence-corrected chi connectivity index (χ0v) is 10.2. The average Bonchev–Trinajstić information content (AvgIpc) is 2.04. The second-order valence-electron chi connectivity index (χ2n) is 3.05. The van der Waals surface area contributed by atoms with E-state index in [1.165, 1.54) is 0 Å². The van der Waals surface area contributed by atoms with E-state index in [0.29, 0.717) is 0 Å². The third kappa shape index (κ3) is 7.34. The fourth-order valence-corrected chi connectivity index (χ4v) is 2.40. The molecule has 0 aromatic rings. The van der Waals surface area contributed by atoms with Crippen molar-refractivity contribution in [3.05, 3.63) is 0 Å². The summed E-state index contributed by atoms with van der Waals surface area (Å²) in [7, 11) is -2.83. The lowest BCUT2D eigenvalue weighted by atomic mass is 10.4. The average molecular weight is 225 g/mol. The molecule has 0 saturated heterocycles. The summed E-state index contributed by atoms with van der Waals surface area (Å²) in [6, 6.07) is 0.0668. The van der Waals surface area contributed by atoms with Crippen LogP contribution in [-0.2, 0) is 9.84 Å². The standard InChI is InChI=1S/C8H19NO2S2/c1-4-13(10,11)7-8(2)9-5-6-12-3/h8-9H,4-7H2,1-3H3. The Hall–Kier alpha value is 0.260. The largest absolute Gasteiger partial charge is 0.312 e. The first-order chi connectivity index (χ1) is 6.02. The Morgan fingerprint density at radius 2 is 2.08 bits per heavy atom. The third-order valence-electron chi connectivity index (χ3n) is 1.74. The normalized spacial score (nSPS) is 14.4. The van der Waals surface area contributed by atoms with E-state index < -0.39 is 9.84 Å². The van der Waals surface area contributed by atoms with Crippen molar-refractivity contribution in [2.75, 3.05) is 30.1 Å². The molecule has 0 bridgehead atoms. The van der Waals surface area contributed by atoms with Crippen LogP contribution in [0.15, 0.2) is 0 Å². The lowest BCUT2D eigenvalue weighted by Gasteiger charge is -2.12. The summed E-state index contributed by atoms with van der Waals surface area (Å²) >= 11 is 1.76. The Labute approximate surface area is 85.6 Å². The topological polar surface area (TPSA) is 46.2 Å². The van der Waals surface area contributed by atoms with Gasteiger partial charge in [-0.3, -0.25) is 0 Å². The van der Waals surface area contributed by atoms with E-state index in [1.54, 1.807) is 18.7 Å². The van der Waals surface area contributed by atoms with Gasteiger partial charge < -0.3 is 5.32 Å². The summed E-state index contributed by atoms with van der Waals surface area (Å²) in [5.74, 6) is 1.51. The molecule has 0 spiro atoms. The van der Waals surface area contributed by atoms with Gasteiger partial charge >= 0.3 is 0 Å². The molecule has 0 amide bonds. The molecule has 1 N–H and O–H groups in total. The molecule has 80 valence electrons. The molecule has 0 aromatic carbocycles. The summed E-state index contributed by atoms with van der Waals surface area (Å²) in [4.78, 5) is 0. The zero-order valence-electron chi connectivity index (χ0n) is 8.54. The van der Waals surface area contributed by atoms with Crippen LogP contribution in [0.4, 0.5) is 0 Å². The number of rotatable bonds is 7. The second kappa shape index (κ2) is 6.68. The Kier molecular flexibility index (Phi) is 6.81. The molecule has 0 aromatic heterocycles. The van der Waals surface area contributed by atoms with Crippen LogP contribution in [0.25, 0.3) is 0 Å². The maximum Gasteiger partial charge on any atom is 0.151 e. The second-order valence-corrected chi connectivity index (χ2v) is 6.43. The smallest absolute Gasteiger partial charge is 0.151 e. The number of nitrogens with one attached hydrogen (secondary N) is 1. The molecular formula is C8H19NO2S2. The van der Waals surface area contributed by atoms with Crippen molar-refractivity contribution < 1.29 is 8.42 Å². The van der Waals surface area contributed by atoms with Crippen LogP contribution in [0, 0.1) is 0 Å². The minimum atomic E-state index is -2.83. The number of thioether (sulfide) groups is 1. The Morgan fingerprint density at radius 3 is 2.54 bits per heavy atom. The van der Waals surface area contributed by atoms with Gasteiger partial charge in [0, 0.05) is 24.1 Å². The molecule has 13 heavy (non-hydrogen) atoms. The summed E-state index contributed by atoms with van der Waals surface area (Å²) in [6.45, 7) is 4.47. The van der Waals surface area contributed by atoms with Crippen LogP contribution in [-0.4, -0.2) is 44.5 Å². The van der Waals surface area contributed by atoms with E-state index in [1.807, 2.05) is 13.2 Å². The molecule has 1 unspecified atom stereocenters. The first kappa shape index (κ1) is 13.3. The van der Waals surface area contributed by atoms with E-state index in [4.69, 9.17) is 0 Å². The Balaban J connectivity index is 3.68. The van der Waals surface area contributed by atoms with Crippen LogP contribution >= 0.6 is 11.8 Å². The van der Waals surface area contributed by atoms with Gasteiger partial charge in [-0.15, -0.1) is 0 Å². The summed E-state index contributed by atoms with van der Waals surface area (Å²) in [5, 5.41) is 3.17. The molecule has 0 heterocycles. The Bertz CT molecular complexity index is 214. The maximum absolute atomic E-state index is 11.2. The molecule has 0 aliphatic heterocycles. The van der Waals surface area contributed by atoms with Crippen molar-refractivity contribution in [2.45, 2.75) is 19.9 Å². The monoisotopic (exact) mass is 225 g/mol. The van der Waals surface area contributed by atoms with E-state index >= 15 is 0 Å². The van der Waals surface area contributed by atoms with Crippen molar-refractivity contribution in [3.63, 3.8) is 0 Å². The first-order valence-electron chi connectivity index (χ1n) is 4.44. The molecule has 0 saturated carbocycles. The highest BCUT2D eigenvalue weighted by atomic mass is 32.2. The van der Waals surface area contributed by atoms with Gasteiger partial charge in [0.15, 0.2) is 9.84 Å². The van der Waals surface area contributed by atoms with Gasteiger partial charge in [-0.05, 0) is 13.2 Å². The van der Waals surface area contributed by atoms with Crippen molar-refractivity contribution >= 4 is 21.6 Å². The zero-order chi connectivity index (χ0) is 10.3. The van der Waals surface area contributed by atoms with Crippen molar-refractivity contribution in [3.8, 4) is 0 Å². The van der Waals surface area contributed by atoms with Gasteiger partial charge in [-0.1, -0.05) is 6.92 Å². The number of sulfone groups is 1. The van der Waals surface area contributed by atoms with Crippen LogP contribution in [0.3, 0.4) is 0 Å². The van der Waals surface area contributed by atoms with Crippen LogP contribution in [0.2, 0.25) is 0 Å².